The predicted molar refractivity (Wildman–Crippen MR) is 162 cm³/mol. The van der Waals surface area contributed by atoms with Gasteiger partial charge in [-0.1, -0.05) is 42.3 Å². The number of piperidine rings is 1. The smallest absolute Gasteiger partial charge is 0.320 e. The van der Waals surface area contributed by atoms with Gasteiger partial charge in [-0.25, -0.2) is 0 Å². The fourth-order valence-corrected chi connectivity index (χ4v) is 5.97. The van der Waals surface area contributed by atoms with Crippen molar-refractivity contribution in [3.63, 3.8) is 0 Å². The van der Waals surface area contributed by atoms with E-state index < -0.39 is 29.5 Å². The maximum absolute atomic E-state index is 14.1. The number of carbonyl (C=O) groups is 3. The molecule has 2 aliphatic rings. The highest BCUT2D eigenvalue weighted by atomic mass is 16.6. The summed E-state index contributed by atoms with van der Waals surface area (Å²) in [6, 6.07) is 15.3. The van der Waals surface area contributed by atoms with E-state index in [9.17, 15) is 14.4 Å². The van der Waals surface area contributed by atoms with Gasteiger partial charge in [-0.3, -0.25) is 14.4 Å². The van der Waals surface area contributed by atoms with Crippen LogP contribution >= 0.6 is 0 Å². The summed E-state index contributed by atoms with van der Waals surface area (Å²) in [6.45, 7) is 2.69. The standard InChI is InChI=1S/C34H40N2O8/c1-6-15-35-31(37)18-26-20-34(33(39)42-5)23(2)44-27(22-43-21-25-10-8-7-9-11-25)19-30(34)36(32(26)38)16-14-24-12-13-28(40-3)29(17-24)41-4/h1,7-13,17,19,23,26-27H,14-16,18,20-22H2,2-5H3,(H,35,37)/t23-,26+,27-,34+/m1/s1. The molecule has 1 N–H and O–H groups in total. The molecule has 4 atom stereocenters. The average Bonchev–Trinajstić information content (AvgIpc) is 3.04. The van der Waals surface area contributed by atoms with E-state index in [4.69, 9.17) is 30.1 Å². The van der Waals surface area contributed by atoms with Crippen molar-refractivity contribution in [2.45, 2.75) is 45.0 Å². The van der Waals surface area contributed by atoms with Gasteiger partial charge >= 0.3 is 5.97 Å². The molecule has 0 radical (unpaired) electrons. The van der Waals surface area contributed by atoms with Crippen LogP contribution in [-0.2, 0) is 41.6 Å². The monoisotopic (exact) mass is 604 g/mol. The molecule has 2 aromatic carbocycles. The molecule has 234 valence electrons. The van der Waals surface area contributed by atoms with Crippen molar-refractivity contribution < 1.29 is 38.1 Å². The van der Waals surface area contributed by atoms with Crippen molar-refractivity contribution in [1.82, 2.24) is 10.2 Å². The number of benzene rings is 2. The molecule has 10 heteroatoms. The second kappa shape index (κ2) is 14.9. The molecule has 0 spiro atoms. The third-order valence-corrected chi connectivity index (χ3v) is 8.18. The van der Waals surface area contributed by atoms with Crippen LogP contribution in [0.4, 0.5) is 0 Å². The predicted octanol–water partition coefficient (Wildman–Crippen LogP) is 3.28. The lowest BCUT2D eigenvalue weighted by atomic mass is 9.66. The third kappa shape index (κ3) is 7.07. The Morgan fingerprint density at radius 1 is 1.09 bits per heavy atom. The first-order valence-electron chi connectivity index (χ1n) is 14.6. The minimum absolute atomic E-state index is 0.0419. The Kier molecular flexibility index (Phi) is 11.0. The van der Waals surface area contributed by atoms with Crippen molar-refractivity contribution in [3.05, 3.63) is 71.4 Å². The summed E-state index contributed by atoms with van der Waals surface area (Å²) in [6.07, 6.45) is 6.28. The number of amides is 2. The summed E-state index contributed by atoms with van der Waals surface area (Å²) >= 11 is 0. The van der Waals surface area contributed by atoms with Crippen molar-refractivity contribution in [2.75, 3.05) is 41.0 Å². The van der Waals surface area contributed by atoms with Gasteiger partial charge in [0, 0.05) is 24.6 Å². The fraction of sp³-hybridized carbons (Fsp3) is 0.441. The van der Waals surface area contributed by atoms with E-state index in [0.717, 1.165) is 11.1 Å². The van der Waals surface area contributed by atoms with Crippen LogP contribution in [-0.4, -0.2) is 75.9 Å². The number of nitrogens with one attached hydrogen (secondary N) is 1. The number of hydrogen-bond donors (Lipinski definition) is 1. The summed E-state index contributed by atoms with van der Waals surface area (Å²) in [5, 5.41) is 2.63. The van der Waals surface area contributed by atoms with Crippen LogP contribution in [0.25, 0.3) is 0 Å². The summed E-state index contributed by atoms with van der Waals surface area (Å²) in [5.74, 6) is 1.57. The molecule has 0 saturated carbocycles. The molecule has 0 aromatic heterocycles. The molecular formula is C34H40N2O8. The SMILES string of the molecule is C#CCNC(=O)C[C@H]1C[C@@]2(C(=O)OC)C(=C[C@H](COCc3ccccc3)O[C@@H]2C)N(CCc2ccc(OC)c(OC)c2)C1=O. The zero-order chi connectivity index (χ0) is 31.7. The molecule has 0 bridgehead atoms. The van der Waals surface area contributed by atoms with Crippen molar-refractivity contribution in [3.8, 4) is 23.8 Å². The minimum atomic E-state index is -1.31. The van der Waals surface area contributed by atoms with Crippen molar-refractivity contribution in [1.29, 1.82) is 0 Å². The van der Waals surface area contributed by atoms with Crippen molar-refractivity contribution in [2.24, 2.45) is 11.3 Å². The van der Waals surface area contributed by atoms with E-state index in [2.05, 4.69) is 11.2 Å². The Morgan fingerprint density at radius 3 is 2.52 bits per heavy atom. The number of methoxy groups -OCH3 is 3. The van der Waals surface area contributed by atoms with Gasteiger partial charge in [0.1, 0.15) is 11.5 Å². The molecule has 4 rings (SSSR count). The number of esters is 1. The van der Waals surface area contributed by atoms with E-state index >= 15 is 0 Å². The Hall–Kier alpha value is -4.33. The topological polar surface area (TPSA) is 113 Å². The largest absolute Gasteiger partial charge is 0.493 e. The first kappa shape index (κ1) is 32.6. The Labute approximate surface area is 258 Å². The zero-order valence-corrected chi connectivity index (χ0v) is 25.7. The molecule has 2 amide bonds. The van der Waals surface area contributed by atoms with E-state index in [1.165, 1.54) is 7.11 Å². The highest BCUT2D eigenvalue weighted by Gasteiger charge is 2.59. The Balaban J connectivity index is 1.67. The summed E-state index contributed by atoms with van der Waals surface area (Å²) in [7, 11) is 4.44. The molecule has 10 nitrogen and oxygen atoms in total. The van der Waals surface area contributed by atoms with Gasteiger partial charge in [-0.15, -0.1) is 6.42 Å². The van der Waals surface area contributed by atoms with Crippen LogP contribution in [0.1, 0.15) is 30.9 Å². The van der Waals surface area contributed by atoms with Gasteiger partial charge in [0.05, 0.1) is 47.2 Å². The van der Waals surface area contributed by atoms with Gasteiger partial charge in [0.2, 0.25) is 11.8 Å². The molecule has 0 unspecified atom stereocenters. The van der Waals surface area contributed by atoms with Gasteiger partial charge < -0.3 is 33.9 Å². The number of likely N-dealkylation sites (tertiary alicyclic amines) is 1. The maximum Gasteiger partial charge on any atom is 0.320 e. The number of ether oxygens (including phenoxy) is 5. The van der Waals surface area contributed by atoms with E-state index in [-0.39, 0.29) is 44.4 Å². The first-order valence-corrected chi connectivity index (χ1v) is 14.6. The molecule has 1 fully saturated rings. The maximum atomic E-state index is 14.1. The third-order valence-electron chi connectivity index (χ3n) is 8.18. The first-order chi connectivity index (χ1) is 21.3. The lowest BCUT2D eigenvalue weighted by Gasteiger charge is -2.51. The quantitative estimate of drug-likeness (QED) is 0.274. The molecule has 1 saturated heterocycles. The minimum Gasteiger partial charge on any atom is -0.493 e. The van der Waals surface area contributed by atoms with E-state index in [0.29, 0.717) is 30.2 Å². The lowest BCUT2D eigenvalue weighted by Crippen LogP contribution is -2.60. The van der Waals surface area contributed by atoms with E-state index in [1.807, 2.05) is 42.5 Å². The van der Waals surface area contributed by atoms with Gasteiger partial charge in [0.25, 0.3) is 0 Å². The summed E-state index contributed by atoms with van der Waals surface area (Å²) in [4.78, 5) is 42.1. The van der Waals surface area contributed by atoms with Gasteiger partial charge in [-0.05, 0) is 49.1 Å². The number of fused-ring (bicyclic) bond motifs is 1. The van der Waals surface area contributed by atoms with Crippen LogP contribution < -0.4 is 14.8 Å². The van der Waals surface area contributed by atoms with E-state index in [1.54, 1.807) is 38.2 Å². The normalized spacial score (nSPS) is 22.7. The summed E-state index contributed by atoms with van der Waals surface area (Å²) in [5.41, 5.74) is 1.11. The van der Waals surface area contributed by atoms with Crippen molar-refractivity contribution >= 4 is 17.8 Å². The molecule has 2 aromatic rings. The second-order valence-electron chi connectivity index (χ2n) is 10.8. The highest BCUT2D eigenvalue weighted by Crippen LogP contribution is 2.50. The van der Waals surface area contributed by atoms with Crippen LogP contribution in [0, 0.1) is 23.7 Å². The Bertz CT molecular complexity index is 1400. The molecule has 2 heterocycles. The van der Waals surface area contributed by atoms with Crippen LogP contribution in [0.2, 0.25) is 0 Å². The number of hydrogen-bond acceptors (Lipinski definition) is 8. The molecule has 0 aliphatic carbocycles. The fourth-order valence-electron chi connectivity index (χ4n) is 5.97. The number of terminal acetylenes is 1. The summed E-state index contributed by atoms with van der Waals surface area (Å²) < 4.78 is 28.5. The van der Waals surface area contributed by atoms with Crippen LogP contribution in [0.15, 0.2) is 60.3 Å². The molecule has 44 heavy (non-hydrogen) atoms. The lowest BCUT2D eigenvalue weighted by molar-refractivity contribution is -0.178. The average molecular weight is 605 g/mol. The Morgan fingerprint density at radius 2 is 1.84 bits per heavy atom. The van der Waals surface area contributed by atoms with Crippen LogP contribution in [0.5, 0.6) is 11.5 Å². The zero-order valence-electron chi connectivity index (χ0n) is 25.7. The molecule has 2 aliphatic heterocycles. The second-order valence-corrected chi connectivity index (χ2v) is 10.8. The van der Waals surface area contributed by atoms with Gasteiger partial charge in [0.15, 0.2) is 11.5 Å². The number of carbonyl (C=O) groups excluding carboxylic acids is 3. The molecular weight excluding hydrogens is 564 g/mol. The number of rotatable bonds is 13. The highest BCUT2D eigenvalue weighted by molar-refractivity contribution is 5.92. The van der Waals surface area contributed by atoms with Gasteiger partial charge in [-0.2, -0.15) is 0 Å². The number of nitrogens with zero attached hydrogens (tertiary/aromatic N) is 1. The van der Waals surface area contributed by atoms with Crippen LogP contribution in [0.3, 0.4) is 0 Å².